The molecule has 1 aliphatic rings. The van der Waals surface area contributed by atoms with E-state index < -0.39 is 11.6 Å². The lowest BCUT2D eigenvalue weighted by atomic mass is 10.0. The average molecular weight is 286 g/mol. The summed E-state index contributed by atoms with van der Waals surface area (Å²) in [6.07, 6.45) is 5.41. The van der Waals surface area contributed by atoms with Crippen LogP contribution >= 0.6 is 11.8 Å². The van der Waals surface area contributed by atoms with E-state index >= 15 is 0 Å². The van der Waals surface area contributed by atoms with Gasteiger partial charge in [0.05, 0.1) is 4.90 Å². The molecule has 0 atom stereocenters. The fourth-order valence-electron chi connectivity index (χ4n) is 2.23. The first-order valence-electron chi connectivity index (χ1n) is 6.25. The van der Waals surface area contributed by atoms with E-state index in [1.807, 2.05) is 0 Å². The third-order valence-corrected chi connectivity index (χ3v) is 4.67. The third-order valence-electron chi connectivity index (χ3n) is 3.24. The Labute approximate surface area is 114 Å². The molecule has 1 aliphatic carbocycles. The molecule has 3 nitrogen and oxygen atoms in total. The van der Waals surface area contributed by atoms with Crippen LogP contribution in [0.5, 0.6) is 0 Å². The van der Waals surface area contributed by atoms with E-state index in [1.54, 1.807) is 0 Å². The van der Waals surface area contributed by atoms with Crippen molar-refractivity contribution in [2.45, 2.75) is 42.2 Å². The van der Waals surface area contributed by atoms with Crippen LogP contribution < -0.4 is 5.73 Å². The van der Waals surface area contributed by atoms with Gasteiger partial charge in [-0.05, 0) is 25.0 Å². The van der Waals surface area contributed by atoms with Crippen molar-refractivity contribution in [2.24, 2.45) is 10.9 Å². The molecule has 0 bridgehead atoms. The summed E-state index contributed by atoms with van der Waals surface area (Å²) >= 11 is 1.25. The van der Waals surface area contributed by atoms with E-state index in [0.29, 0.717) is 0 Å². The summed E-state index contributed by atoms with van der Waals surface area (Å²) in [6, 6.07) is 2.20. The largest absolute Gasteiger partial charge is 0.409 e. The van der Waals surface area contributed by atoms with Gasteiger partial charge in [-0.15, -0.1) is 11.8 Å². The molecule has 1 fully saturated rings. The predicted octanol–water partition coefficient (Wildman–Crippen LogP) is 3.48. The zero-order chi connectivity index (χ0) is 13.8. The van der Waals surface area contributed by atoms with Gasteiger partial charge in [0.15, 0.2) is 5.84 Å². The van der Waals surface area contributed by atoms with Crippen LogP contribution in [0.25, 0.3) is 0 Å². The molecule has 0 spiro atoms. The maximum Gasteiger partial charge on any atom is 0.170 e. The quantitative estimate of drug-likeness (QED) is 0.387. The van der Waals surface area contributed by atoms with Crippen LogP contribution in [0.3, 0.4) is 0 Å². The summed E-state index contributed by atoms with van der Waals surface area (Å²) in [4.78, 5) is 0.0291. The molecule has 0 heterocycles. The molecule has 1 aromatic carbocycles. The van der Waals surface area contributed by atoms with Gasteiger partial charge in [0, 0.05) is 10.8 Å². The molecule has 2 rings (SSSR count). The topological polar surface area (TPSA) is 58.6 Å². The lowest BCUT2D eigenvalue weighted by Gasteiger charge is -2.21. The summed E-state index contributed by atoms with van der Waals surface area (Å²) in [6.45, 7) is 0. The van der Waals surface area contributed by atoms with Crippen molar-refractivity contribution in [2.75, 3.05) is 0 Å². The molecular weight excluding hydrogens is 270 g/mol. The smallest absolute Gasteiger partial charge is 0.170 e. The highest BCUT2D eigenvalue weighted by Crippen LogP contribution is 2.36. The van der Waals surface area contributed by atoms with Crippen molar-refractivity contribution >= 4 is 17.6 Å². The lowest BCUT2D eigenvalue weighted by molar-refractivity contribution is 0.318. The second-order valence-electron chi connectivity index (χ2n) is 4.63. The van der Waals surface area contributed by atoms with Gasteiger partial charge in [0.1, 0.15) is 11.6 Å². The summed E-state index contributed by atoms with van der Waals surface area (Å²) in [5, 5.41) is 11.5. The molecule has 0 aliphatic heterocycles. The Hall–Kier alpha value is -1.30. The maximum atomic E-state index is 13.9. The Balaban J connectivity index is 2.21. The molecule has 0 saturated heterocycles. The van der Waals surface area contributed by atoms with Crippen LogP contribution in [0.1, 0.15) is 37.7 Å². The predicted molar refractivity (Wildman–Crippen MR) is 71.6 cm³/mol. The van der Waals surface area contributed by atoms with Crippen LogP contribution in [0.2, 0.25) is 0 Å². The molecule has 0 unspecified atom stereocenters. The minimum absolute atomic E-state index is 0.0291. The van der Waals surface area contributed by atoms with E-state index in [9.17, 15) is 8.78 Å². The van der Waals surface area contributed by atoms with Crippen molar-refractivity contribution in [1.29, 1.82) is 0 Å². The second kappa shape index (κ2) is 6.23. The van der Waals surface area contributed by atoms with Gasteiger partial charge in [-0.1, -0.05) is 24.4 Å². The van der Waals surface area contributed by atoms with Gasteiger partial charge < -0.3 is 10.9 Å². The number of nitrogens with zero attached hydrogens (tertiary/aromatic N) is 1. The standard InChI is InChI=1S/C13H16F2N2OS/c14-10-6-8(13(16)17-18)7-11(15)12(10)19-9-4-2-1-3-5-9/h6-7,9,18H,1-5H2,(H2,16,17). The fourth-order valence-corrected chi connectivity index (χ4v) is 3.47. The zero-order valence-corrected chi connectivity index (χ0v) is 11.2. The van der Waals surface area contributed by atoms with E-state index in [0.717, 1.165) is 37.8 Å². The maximum absolute atomic E-state index is 13.9. The van der Waals surface area contributed by atoms with Crippen LogP contribution in [-0.4, -0.2) is 16.3 Å². The molecule has 6 heteroatoms. The van der Waals surface area contributed by atoms with Crippen molar-refractivity contribution in [3.63, 3.8) is 0 Å². The Kier molecular flexibility index (Phi) is 4.63. The van der Waals surface area contributed by atoms with Gasteiger partial charge in [-0.3, -0.25) is 0 Å². The molecule has 104 valence electrons. The van der Waals surface area contributed by atoms with Crippen LogP contribution in [0.4, 0.5) is 8.78 Å². The van der Waals surface area contributed by atoms with Gasteiger partial charge in [-0.2, -0.15) is 0 Å². The van der Waals surface area contributed by atoms with E-state index in [2.05, 4.69) is 5.16 Å². The minimum atomic E-state index is -0.655. The molecular formula is C13H16F2N2OS. The molecule has 0 aromatic heterocycles. The number of halogens is 2. The first-order chi connectivity index (χ1) is 9.11. The molecule has 3 N–H and O–H groups in total. The highest BCUT2D eigenvalue weighted by Gasteiger charge is 2.20. The first-order valence-corrected chi connectivity index (χ1v) is 7.13. The van der Waals surface area contributed by atoms with Gasteiger partial charge in [-0.25, -0.2) is 8.78 Å². The number of rotatable bonds is 3. The van der Waals surface area contributed by atoms with Gasteiger partial charge in [0.25, 0.3) is 0 Å². The Bertz CT molecular complexity index is 465. The Morgan fingerprint density at radius 2 is 1.79 bits per heavy atom. The Morgan fingerprint density at radius 3 is 2.32 bits per heavy atom. The Morgan fingerprint density at radius 1 is 1.21 bits per heavy atom. The van der Waals surface area contributed by atoms with E-state index in [4.69, 9.17) is 10.9 Å². The van der Waals surface area contributed by atoms with Crippen molar-refractivity contribution < 1.29 is 14.0 Å². The third kappa shape index (κ3) is 3.37. The summed E-state index contributed by atoms with van der Waals surface area (Å²) in [7, 11) is 0. The number of benzene rings is 1. The molecule has 1 saturated carbocycles. The number of amidine groups is 1. The highest BCUT2D eigenvalue weighted by atomic mass is 32.2. The molecule has 0 radical (unpaired) electrons. The SMILES string of the molecule is N/C(=N/O)c1cc(F)c(SC2CCCCC2)c(F)c1. The second-order valence-corrected chi connectivity index (χ2v) is 5.94. The summed E-state index contributed by atoms with van der Waals surface area (Å²) < 4.78 is 27.8. The first kappa shape index (κ1) is 14.1. The average Bonchev–Trinajstić information content (AvgIpc) is 2.43. The number of hydrogen-bond donors (Lipinski definition) is 2. The number of nitrogens with two attached hydrogens (primary N) is 1. The van der Waals surface area contributed by atoms with E-state index in [-0.39, 0.29) is 21.5 Å². The lowest BCUT2D eigenvalue weighted by Crippen LogP contribution is -2.14. The number of thioether (sulfide) groups is 1. The van der Waals surface area contributed by atoms with Crippen LogP contribution in [0, 0.1) is 11.6 Å². The van der Waals surface area contributed by atoms with Crippen molar-refractivity contribution in [3.8, 4) is 0 Å². The normalized spacial score (nSPS) is 17.7. The summed E-state index contributed by atoms with van der Waals surface area (Å²) in [5.41, 5.74) is 5.37. The van der Waals surface area contributed by atoms with Crippen LogP contribution in [0.15, 0.2) is 22.2 Å². The monoisotopic (exact) mass is 286 g/mol. The molecule has 0 amide bonds. The molecule has 19 heavy (non-hydrogen) atoms. The number of hydrogen-bond acceptors (Lipinski definition) is 3. The van der Waals surface area contributed by atoms with Crippen LogP contribution in [-0.2, 0) is 0 Å². The van der Waals surface area contributed by atoms with Crippen molar-refractivity contribution in [1.82, 2.24) is 0 Å². The fraction of sp³-hybridized carbons (Fsp3) is 0.462. The van der Waals surface area contributed by atoms with Gasteiger partial charge >= 0.3 is 0 Å². The van der Waals surface area contributed by atoms with E-state index in [1.165, 1.54) is 18.2 Å². The highest BCUT2D eigenvalue weighted by molar-refractivity contribution is 8.00. The number of oxime groups is 1. The zero-order valence-electron chi connectivity index (χ0n) is 10.4. The summed E-state index contributed by atoms with van der Waals surface area (Å²) in [5.74, 6) is -1.61. The molecule has 1 aromatic rings. The minimum Gasteiger partial charge on any atom is -0.409 e. The van der Waals surface area contributed by atoms with Gasteiger partial charge in [0.2, 0.25) is 0 Å². The van der Waals surface area contributed by atoms with Crippen molar-refractivity contribution in [3.05, 3.63) is 29.3 Å².